The molecule has 0 atom stereocenters. The number of aryl methyl sites for hydroxylation is 2. The van der Waals surface area contributed by atoms with Gasteiger partial charge in [0.15, 0.2) is 0 Å². The predicted molar refractivity (Wildman–Crippen MR) is 72.6 cm³/mol. The van der Waals surface area contributed by atoms with E-state index in [1.54, 1.807) is 0 Å². The fourth-order valence-corrected chi connectivity index (χ4v) is 2.93. The van der Waals surface area contributed by atoms with Gasteiger partial charge in [0.25, 0.3) is 0 Å². The summed E-state index contributed by atoms with van der Waals surface area (Å²) in [7, 11) is 0. The summed E-state index contributed by atoms with van der Waals surface area (Å²) < 4.78 is 1.22. The fraction of sp³-hybridized carbons (Fsp3) is 0.571. The molecular formula is C14H20BrN. The Morgan fingerprint density at radius 3 is 2.06 bits per heavy atom. The van der Waals surface area contributed by atoms with E-state index in [2.05, 4.69) is 41.9 Å². The average molecular weight is 282 g/mol. The second-order valence-electron chi connectivity index (χ2n) is 5.14. The number of nitrogens with two attached hydrogens (primary N) is 1. The Kier molecular flexibility index (Phi) is 3.41. The van der Waals surface area contributed by atoms with Gasteiger partial charge >= 0.3 is 0 Å². The van der Waals surface area contributed by atoms with Crippen LogP contribution in [0.4, 0.5) is 0 Å². The maximum absolute atomic E-state index is 6.55. The first-order chi connectivity index (χ1) is 7.53. The molecule has 1 nitrogen and oxygen atoms in total. The van der Waals surface area contributed by atoms with Crippen molar-refractivity contribution in [3.05, 3.63) is 33.3 Å². The molecule has 1 aromatic rings. The van der Waals surface area contributed by atoms with Crippen molar-refractivity contribution in [1.82, 2.24) is 0 Å². The molecule has 1 aromatic carbocycles. The van der Waals surface area contributed by atoms with Gasteiger partial charge < -0.3 is 5.73 Å². The van der Waals surface area contributed by atoms with Crippen molar-refractivity contribution in [1.29, 1.82) is 0 Å². The molecule has 0 radical (unpaired) electrons. The molecule has 2 rings (SSSR count). The molecule has 1 fully saturated rings. The van der Waals surface area contributed by atoms with Gasteiger partial charge in [0.1, 0.15) is 0 Å². The Morgan fingerprint density at radius 1 is 1.06 bits per heavy atom. The second kappa shape index (κ2) is 4.50. The van der Waals surface area contributed by atoms with Crippen LogP contribution in [-0.4, -0.2) is 0 Å². The van der Waals surface area contributed by atoms with Crippen LogP contribution < -0.4 is 5.73 Å². The highest BCUT2D eigenvalue weighted by Gasteiger charge is 2.29. The highest BCUT2D eigenvalue weighted by atomic mass is 79.9. The lowest BCUT2D eigenvalue weighted by Crippen LogP contribution is -2.38. The molecule has 0 heterocycles. The lowest BCUT2D eigenvalue weighted by Gasteiger charge is -2.34. The third-order valence-electron chi connectivity index (χ3n) is 3.76. The number of hydrogen-bond acceptors (Lipinski definition) is 1. The molecule has 1 aliphatic carbocycles. The molecule has 2 heteroatoms. The Balaban J connectivity index is 2.39. The summed E-state index contributed by atoms with van der Waals surface area (Å²) in [5.41, 5.74) is 10.4. The Hall–Kier alpha value is -0.340. The van der Waals surface area contributed by atoms with E-state index < -0.39 is 0 Å². The van der Waals surface area contributed by atoms with Crippen molar-refractivity contribution < 1.29 is 0 Å². The van der Waals surface area contributed by atoms with Gasteiger partial charge in [-0.3, -0.25) is 0 Å². The molecule has 0 saturated heterocycles. The van der Waals surface area contributed by atoms with Crippen LogP contribution in [0.2, 0.25) is 0 Å². The molecule has 88 valence electrons. The van der Waals surface area contributed by atoms with Gasteiger partial charge in [-0.25, -0.2) is 0 Å². The van der Waals surface area contributed by atoms with Crippen LogP contribution in [0.25, 0.3) is 0 Å². The van der Waals surface area contributed by atoms with Gasteiger partial charge in [-0.1, -0.05) is 47.3 Å². The normalized spacial score (nSPS) is 19.8. The minimum absolute atomic E-state index is 0.0749. The molecule has 0 amide bonds. The molecule has 16 heavy (non-hydrogen) atoms. The molecule has 1 aliphatic rings. The number of benzene rings is 1. The van der Waals surface area contributed by atoms with Gasteiger partial charge in [-0.15, -0.1) is 0 Å². The van der Waals surface area contributed by atoms with Crippen molar-refractivity contribution in [2.75, 3.05) is 0 Å². The van der Waals surface area contributed by atoms with E-state index in [1.807, 2.05) is 0 Å². The molecule has 0 spiro atoms. The monoisotopic (exact) mass is 281 g/mol. The van der Waals surface area contributed by atoms with Gasteiger partial charge in [0, 0.05) is 10.0 Å². The van der Waals surface area contributed by atoms with E-state index in [-0.39, 0.29) is 5.54 Å². The Bertz CT molecular complexity index is 369. The zero-order chi connectivity index (χ0) is 11.8. The molecule has 0 aliphatic heterocycles. The summed E-state index contributed by atoms with van der Waals surface area (Å²) in [6.07, 6.45) is 6.14. The summed E-state index contributed by atoms with van der Waals surface area (Å²) in [6, 6.07) is 4.50. The van der Waals surface area contributed by atoms with E-state index in [9.17, 15) is 0 Å². The maximum Gasteiger partial charge on any atom is 0.0409 e. The van der Waals surface area contributed by atoms with Crippen LogP contribution in [-0.2, 0) is 5.54 Å². The van der Waals surface area contributed by atoms with Crippen LogP contribution in [0, 0.1) is 13.8 Å². The van der Waals surface area contributed by atoms with E-state index in [0.29, 0.717) is 0 Å². The van der Waals surface area contributed by atoms with Crippen molar-refractivity contribution in [3.8, 4) is 0 Å². The summed E-state index contributed by atoms with van der Waals surface area (Å²) in [4.78, 5) is 0. The van der Waals surface area contributed by atoms with Crippen molar-refractivity contribution in [3.63, 3.8) is 0 Å². The first-order valence-corrected chi connectivity index (χ1v) is 6.88. The van der Waals surface area contributed by atoms with Crippen molar-refractivity contribution >= 4 is 15.9 Å². The molecule has 1 saturated carbocycles. The largest absolute Gasteiger partial charge is 0.321 e. The Morgan fingerprint density at radius 2 is 1.56 bits per heavy atom. The lowest BCUT2D eigenvalue weighted by molar-refractivity contribution is 0.302. The first-order valence-electron chi connectivity index (χ1n) is 6.09. The maximum atomic E-state index is 6.55. The van der Waals surface area contributed by atoms with Gasteiger partial charge in [0.2, 0.25) is 0 Å². The zero-order valence-corrected chi connectivity index (χ0v) is 11.7. The summed E-state index contributed by atoms with van der Waals surface area (Å²) in [5, 5.41) is 0. The van der Waals surface area contributed by atoms with Gasteiger partial charge in [-0.05, 0) is 43.4 Å². The first kappa shape index (κ1) is 12.1. The van der Waals surface area contributed by atoms with Crippen LogP contribution >= 0.6 is 15.9 Å². The summed E-state index contributed by atoms with van der Waals surface area (Å²) >= 11 is 3.61. The molecular weight excluding hydrogens is 262 g/mol. The summed E-state index contributed by atoms with van der Waals surface area (Å²) in [5.74, 6) is 0. The summed E-state index contributed by atoms with van der Waals surface area (Å²) in [6.45, 7) is 4.29. The number of hydrogen-bond donors (Lipinski definition) is 1. The third-order valence-corrected chi connectivity index (χ3v) is 5.01. The molecule has 2 N–H and O–H groups in total. The highest BCUT2D eigenvalue weighted by Crippen LogP contribution is 2.37. The van der Waals surface area contributed by atoms with Crippen LogP contribution in [0.1, 0.15) is 48.8 Å². The number of halogens is 1. The van der Waals surface area contributed by atoms with E-state index in [1.165, 1.54) is 40.4 Å². The SMILES string of the molecule is Cc1cc(C2(N)CCCCC2)cc(C)c1Br. The standard InChI is InChI=1S/C14H20BrN/c1-10-8-12(9-11(2)13(10)15)14(16)6-4-3-5-7-14/h8-9H,3-7,16H2,1-2H3. The third kappa shape index (κ3) is 2.18. The molecule has 0 aromatic heterocycles. The minimum Gasteiger partial charge on any atom is -0.321 e. The lowest BCUT2D eigenvalue weighted by atomic mass is 9.77. The number of rotatable bonds is 1. The average Bonchev–Trinajstić information content (AvgIpc) is 2.26. The fourth-order valence-electron chi connectivity index (χ4n) is 2.70. The van der Waals surface area contributed by atoms with E-state index in [0.717, 1.165) is 12.8 Å². The van der Waals surface area contributed by atoms with Crippen LogP contribution in [0.3, 0.4) is 0 Å². The predicted octanol–water partition coefficient (Wildman–Crippen LogP) is 4.18. The van der Waals surface area contributed by atoms with Crippen LogP contribution in [0.5, 0.6) is 0 Å². The minimum atomic E-state index is -0.0749. The van der Waals surface area contributed by atoms with Gasteiger partial charge in [-0.2, -0.15) is 0 Å². The Labute approximate surface area is 107 Å². The van der Waals surface area contributed by atoms with Gasteiger partial charge in [0.05, 0.1) is 0 Å². The topological polar surface area (TPSA) is 26.0 Å². The quantitative estimate of drug-likeness (QED) is 0.821. The van der Waals surface area contributed by atoms with E-state index >= 15 is 0 Å². The van der Waals surface area contributed by atoms with E-state index in [4.69, 9.17) is 5.73 Å². The van der Waals surface area contributed by atoms with Crippen LogP contribution in [0.15, 0.2) is 16.6 Å². The molecule has 0 unspecified atom stereocenters. The highest BCUT2D eigenvalue weighted by molar-refractivity contribution is 9.10. The smallest absolute Gasteiger partial charge is 0.0409 e. The zero-order valence-electron chi connectivity index (χ0n) is 10.1. The second-order valence-corrected chi connectivity index (χ2v) is 5.93. The van der Waals surface area contributed by atoms with Crippen molar-refractivity contribution in [2.24, 2.45) is 5.73 Å². The van der Waals surface area contributed by atoms with Crippen molar-refractivity contribution in [2.45, 2.75) is 51.5 Å². The molecule has 0 bridgehead atoms.